The first kappa shape index (κ1) is 12.9. The number of halogens is 1. The first-order valence-electron chi connectivity index (χ1n) is 5.34. The van der Waals surface area contributed by atoms with Crippen LogP contribution in [0.3, 0.4) is 0 Å². The summed E-state index contributed by atoms with van der Waals surface area (Å²) in [4.78, 5) is 4.70. The highest BCUT2D eigenvalue weighted by Crippen LogP contribution is 2.26. The second kappa shape index (κ2) is 5.38. The number of thiazole rings is 1. The number of hydrogen-bond acceptors (Lipinski definition) is 4. The number of aryl methyl sites for hydroxylation is 2. The van der Waals surface area contributed by atoms with E-state index in [0.29, 0.717) is 11.5 Å². The maximum absolute atomic E-state index is 8.70. The standard InChI is InChI=1S/C13H11ClN2OS/c1-8-3-10(4-9(2)13(8)14)17-7-12-16-6-11(5-15)18-12/h3-4,6H,7H2,1-2H3. The lowest BCUT2D eigenvalue weighted by Crippen LogP contribution is -1.95. The van der Waals surface area contributed by atoms with E-state index in [2.05, 4.69) is 11.1 Å². The Morgan fingerprint density at radius 3 is 2.61 bits per heavy atom. The summed E-state index contributed by atoms with van der Waals surface area (Å²) in [6, 6.07) is 5.85. The number of aromatic nitrogens is 1. The van der Waals surface area contributed by atoms with Crippen molar-refractivity contribution in [3.8, 4) is 11.8 Å². The summed E-state index contributed by atoms with van der Waals surface area (Å²) in [6.07, 6.45) is 1.56. The van der Waals surface area contributed by atoms with Gasteiger partial charge in [0.05, 0.1) is 6.20 Å². The molecule has 0 unspecified atom stereocenters. The van der Waals surface area contributed by atoms with E-state index < -0.39 is 0 Å². The van der Waals surface area contributed by atoms with Crippen LogP contribution in [0.1, 0.15) is 21.0 Å². The Kier molecular flexibility index (Phi) is 3.85. The summed E-state index contributed by atoms with van der Waals surface area (Å²) in [5, 5.41) is 10.3. The minimum atomic E-state index is 0.368. The molecule has 0 fully saturated rings. The van der Waals surface area contributed by atoms with E-state index in [1.165, 1.54) is 11.3 Å². The maximum Gasteiger partial charge on any atom is 0.140 e. The first-order chi connectivity index (χ1) is 8.60. The fraction of sp³-hybridized carbons (Fsp3) is 0.231. The molecular weight excluding hydrogens is 268 g/mol. The lowest BCUT2D eigenvalue weighted by Gasteiger charge is -2.08. The Morgan fingerprint density at radius 2 is 2.06 bits per heavy atom. The van der Waals surface area contributed by atoms with Crippen LogP contribution in [0.15, 0.2) is 18.3 Å². The van der Waals surface area contributed by atoms with Crippen LogP contribution in [0.5, 0.6) is 5.75 Å². The van der Waals surface area contributed by atoms with E-state index in [4.69, 9.17) is 21.6 Å². The summed E-state index contributed by atoms with van der Waals surface area (Å²) in [5.74, 6) is 0.767. The van der Waals surface area contributed by atoms with Gasteiger partial charge in [-0.25, -0.2) is 4.98 Å². The van der Waals surface area contributed by atoms with Crippen molar-refractivity contribution in [3.63, 3.8) is 0 Å². The molecule has 0 atom stereocenters. The van der Waals surface area contributed by atoms with E-state index in [1.807, 2.05) is 26.0 Å². The van der Waals surface area contributed by atoms with E-state index in [1.54, 1.807) is 6.20 Å². The molecule has 0 saturated carbocycles. The minimum Gasteiger partial charge on any atom is -0.486 e. The van der Waals surface area contributed by atoms with Crippen LogP contribution in [0.2, 0.25) is 5.02 Å². The van der Waals surface area contributed by atoms with Crippen LogP contribution in [-0.2, 0) is 6.61 Å². The van der Waals surface area contributed by atoms with Gasteiger partial charge in [-0.3, -0.25) is 0 Å². The van der Waals surface area contributed by atoms with E-state index in [9.17, 15) is 0 Å². The van der Waals surface area contributed by atoms with Crippen LogP contribution in [0.4, 0.5) is 0 Å². The van der Waals surface area contributed by atoms with Crippen LogP contribution in [-0.4, -0.2) is 4.98 Å². The average Bonchev–Trinajstić information content (AvgIpc) is 2.81. The van der Waals surface area contributed by atoms with Crippen molar-refractivity contribution < 1.29 is 4.74 Å². The van der Waals surface area contributed by atoms with Gasteiger partial charge in [0.1, 0.15) is 28.3 Å². The zero-order valence-corrected chi connectivity index (χ0v) is 11.6. The molecule has 3 nitrogen and oxygen atoms in total. The van der Waals surface area contributed by atoms with Gasteiger partial charge in [0.25, 0.3) is 0 Å². The number of nitrogens with zero attached hydrogens (tertiary/aromatic N) is 2. The van der Waals surface area contributed by atoms with Gasteiger partial charge in [-0.1, -0.05) is 11.6 Å². The van der Waals surface area contributed by atoms with Crippen molar-refractivity contribution in [2.75, 3.05) is 0 Å². The molecule has 5 heteroatoms. The van der Waals surface area contributed by atoms with Gasteiger partial charge in [-0.2, -0.15) is 5.26 Å². The van der Waals surface area contributed by atoms with Gasteiger partial charge in [0.2, 0.25) is 0 Å². The molecule has 2 aromatic rings. The average molecular weight is 279 g/mol. The fourth-order valence-corrected chi connectivity index (χ4v) is 2.30. The lowest BCUT2D eigenvalue weighted by molar-refractivity contribution is 0.305. The summed E-state index contributed by atoms with van der Waals surface area (Å²) in [5.41, 5.74) is 1.98. The van der Waals surface area contributed by atoms with Crippen molar-refractivity contribution >= 4 is 22.9 Å². The number of ether oxygens (including phenoxy) is 1. The predicted molar refractivity (Wildman–Crippen MR) is 72.1 cm³/mol. The molecule has 92 valence electrons. The summed E-state index contributed by atoms with van der Waals surface area (Å²) >= 11 is 7.43. The lowest BCUT2D eigenvalue weighted by atomic mass is 10.1. The molecule has 2 rings (SSSR count). The summed E-state index contributed by atoms with van der Waals surface area (Å²) < 4.78 is 5.65. The zero-order chi connectivity index (χ0) is 13.1. The van der Waals surface area contributed by atoms with Crippen LogP contribution in [0.25, 0.3) is 0 Å². The number of rotatable bonds is 3. The monoisotopic (exact) mass is 278 g/mol. The van der Waals surface area contributed by atoms with E-state index in [0.717, 1.165) is 26.9 Å². The molecule has 1 aromatic heterocycles. The smallest absolute Gasteiger partial charge is 0.140 e. The molecule has 0 amide bonds. The Balaban J connectivity index is 2.09. The van der Waals surface area contributed by atoms with Crippen molar-refractivity contribution in [1.29, 1.82) is 5.26 Å². The molecule has 0 radical (unpaired) electrons. The second-order valence-corrected chi connectivity index (χ2v) is 5.38. The number of nitriles is 1. The van der Waals surface area contributed by atoms with Gasteiger partial charge in [-0.05, 0) is 37.1 Å². The zero-order valence-electron chi connectivity index (χ0n) is 10.0. The third kappa shape index (κ3) is 2.81. The van der Waals surface area contributed by atoms with Gasteiger partial charge in [0.15, 0.2) is 0 Å². The Labute approximate surface area is 115 Å². The van der Waals surface area contributed by atoms with Crippen molar-refractivity contribution in [2.24, 2.45) is 0 Å². The molecule has 0 saturated heterocycles. The highest BCUT2D eigenvalue weighted by molar-refractivity contribution is 7.12. The largest absolute Gasteiger partial charge is 0.486 e. The highest BCUT2D eigenvalue weighted by atomic mass is 35.5. The third-order valence-corrected chi connectivity index (χ3v) is 3.91. The Bertz CT molecular complexity index is 593. The molecule has 0 N–H and O–H groups in total. The molecule has 1 aromatic carbocycles. The molecular formula is C13H11ClN2OS. The Morgan fingerprint density at radius 1 is 1.39 bits per heavy atom. The maximum atomic E-state index is 8.70. The second-order valence-electron chi connectivity index (χ2n) is 3.89. The molecule has 0 aliphatic heterocycles. The van der Waals surface area contributed by atoms with Crippen molar-refractivity contribution in [3.05, 3.63) is 44.4 Å². The van der Waals surface area contributed by atoms with E-state index >= 15 is 0 Å². The molecule has 1 heterocycles. The van der Waals surface area contributed by atoms with Crippen LogP contribution in [0, 0.1) is 25.2 Å². The highest BCUT2D eigenvalue weighted by Gasteiger charge is 2.06. The molecule has 0 spiro atoms. The topological polar surface area (TPSA) is 45.9 Å². The summed E-state index contributed by atoms with van der Waals surface area (Å²) in [6.45, 7) is 4.26. The minimum absolute atomic E-state index is 0.368. The first-order valence-corrected chi connectivity index (χ1v) is 6.54. The number of hydrogen-bond donors (Lipinski definition) is 0. The van der Waals surface area contributed by atoms with Crippen molar-refractivity contribution in [1.82, 2.24) is 4.98 Å². The SMILES string of the molecule is Cc1cc(OCc2ncc(C#N)s2)cc(C)c1Cl. The van der Waals surface area contributed by atoms with Gasteiger partial charge >= 0.3 is 0 Å². The molecule has 0 bridgehead atoms. The molecule has 18 heavy (non-hydrogen) atoms. The molecule has 0 aliphatic carbocycles. The van der Waals surface area contributed by atoms with Crippen molar-refractivity contribution in [2.45, 2.75) is 20.5 Å². The van der Waals surface area contributed by atoms with Crippen LogP contribution >= 0.6 is 22.9 Å². The number of benzene rings is 1. The quantitative estimate of drug-likeness (QED) is 0.856. The Hall–Kier alpha value is -1.57. The van der Waals surface area contributed by atoms with Gasteiger partial charge in [0, 0.05) is 5.02 Å². The normalized spacial score (nSPS) is 10.1. The van der Waals surface area contributed by atoms with Gasteiger partial charge < -0.3 is 4.74 Å². The van der Waals surface area contributed by atoms with Crippen LogP contribution < -0.4 is 4.74 Å². The fourth-order valence-electron chi connectivity index (χ4n) is 1.56. The predicted octanol–water partition coefficient (Wildman–Crippen LogP) is 3.86. The van der Waals surface area contributed by atoms with Gasteiger partial charge in [-0.15, -0.1) is 11.3 Å². The third-order valence-electron chi connectivity index (χ3n) is 2.44. The molecule has 0 aliphatic rings. The summed E-state index contributed by atoms with van der Waals surface area (Å²) in [7, 11) is 0. The van der Waals surface area contributed by atoms with E-state index in [-0.39, 0.29) is 0 Å².